The molecule has 4 aliphatic rings. The standard InChI is InChI=1S/C25H36O7/c1-14(26)31-13-21(29)25(30)10-8-19-18-6-5-16-11-17(32-15(2)27)7-9-23(16,3)22(18)20(28)12-24(19,25)4/h16-19,22,30H,5-13H2,1-4H3/t16-,17+,18+,19+,22-,23+,24+,25+/m1/s1. The van der Waals surface area contributed by atoms with Gasteiger partial charge in [-0.15, -0.1) is 0 Å². The third kappa shape index (κ3) is 3.42. The molecular weight excluding hydrogens is 412 g/mol. The number of hydrogen-bond acceptors (Lipinski definition) is 7. The molecule has 7 nitrogen and oxygen atoms in total. The SMILES string of the molecule is CC(=O)OCC(=O)[C@@]1(O)CC[C@H]2[C@@H]3CC[C@@H]4C[C@@H](OC(C)=O)CC[C@]4(C)[C@H]3C(=O)C[C@@]21C. The maximum atomic E-state index is 13.7. The number of carbonyl (C=O) groups is 4. The van der Waals surface area contributed by atoms with E-state index in [1.807, 2.05) is 6.92 Å². The molecule has 32 heavy (non-hydrogen) atoms. The number of hydrogen-bond donors (Lipinski definition) is 1. The predicted molar refractivity (Wildman–Crippen MR) is 114 cm³/mol. The quantitative estimate of drug-likeness (QED) is 0.659. The van der Waals surface area contributed by atoms with E-state index in [0.717, 1.165) is 32.1 Å². The highest BCUT2D eigenvalue weighted by Crippen LogP contribution is 2.67. The molecule has 0 radical (unpaired) electrons. The highest BCUT2D eigenvalue weighted by molar-refractivity contribution is 5.93. The number of fused-ring (bicyclic) bond motifs is 5. The Labute approximate surface area is 189 Å². The van der Waals surface area contributed by atoms with E-state index < -0.39 is 29.4 Å². The Morgan fingerprint density at radius 2 is 1.75 bits per heavy atom. The molecule has 1 N–H and O–H groups in total. The number of Topliss-reactive ketones (excluding diaryl/α,β-unsaturated/α-hetero) is 2. The average Bonchev–Trinajstić information content (AvgIpc) is 2.97. The van der Waals surface area contributed by atoms with Crippen molar-refractivity contribution in [3.63, 3.8) is 0 Å². The summed E-state index contributed by atoms with van der Waals surface area (Å²) in [5.41, 5.74) is -2.61. The van der Waals surface area contributed by atoms with Crippen LogP contribution >= 0.6 is 0 Å². The van der Waals surface area contributed by atoms with Crippen LogP contribution in [0.5, 0.6) is 0 Å². The van der Waals surface area contributed by atoms with Crippen LogP contribution in [0.4, 0.5) is 0 Å². The second-order valence-corrected chi connectivity index (χ2v) is 11.2. The van der Waals surface area contributed by atoms with Crippen molar-refractivity contribution in [2.24, 2.45) is 34.5 Å². The molecule has 0 saturated heterocycles. The Kier molecular flexibility index (Phi) is 5.80. The zero-order chi connectivity index (χ0) is 23.5. The van der Waals surface area contributed by atoms with Gasteiger partial charge in [-0.05, 0) is 68.1 Å². The molecule has 4 aliphatic carbocycles. The first-order chi connectivity index (χ1) is 14.9. The molecule has 0 bridgehead atoms. The van der Waals surface area contributed by atoms with Gasteiger partial charge in [-0.2, -0.15) is 0 Å². The second-order valence-electron chi connectivity index (χ2n) is 11.2. The van der Waals surface area contributed by atoms with Gasteiger partial charge in [0.05, 0.1) is 0 Å². The normalized spacial score (nSPS) is 45.3. The monoisotopic (exact) mass is 448 g/mol. The highest BCUT2D eigenvalue weighted by atomic mass is 16.5. The minimum atomic E-state index is -1.64. The molecule has 0 amide bonds. The molecule has 0 unspecified atom stereocenters. The second kappa shape index (κ2) is 7.93. The molecule has 0 aromatic heterocycles. The maximum Gasteiger partial charge on any atom is 0.303 e. The molecule has 4 saturated carbocycles. The van der Waals surface area contributed by atoms with E-state index in [-0.39, 0.29) is 47.4 Å². The molecule has 4 rings (SSSR count). The van der Waals surface area contributed by atoms with Gasteiger partial charge in [-0.1, -0.05) is 13.8 Å². The number of ether oxygens (including phenoxy) is 2. The lowest BCUT2D eigenvalue weighted by Gasteiger charge is -2.60. The summed E-state index contributed by atoms with van der Waals surface area (Å²) in [5.74, 6) is -0.677. The summed E-state index contributed by atoms with van der Waals surface area (Å²) in [6.07, 6.45) is 5.39. The van der Waals surface area contributed by atoms with Gasteiger partial charge >= 0.3 is 11.9 Å². The van der Waals surface area contributed by atoms with Crippen LogP contribution in [-0.2, 0) is 28.7 Å². The Morgan fingerprint density at radius 1 is 1.03 bits per heavy atom. The highest BCUT2D eigenvalue weighted by Gasteiger charge is 2.69. The molecule has 8 atom stereocenters. The van der Waals surface area contributed by atoms with Crippen LogP contribution in [-0.4, -0.2) is 46.9 Å². The van der Waals surface area contributed by atoms with Gasteiger partial charge in [0.15, 0.2) is 6.61 Å². The predicted octanol–water partition coefficient (Wildman–Crippen LogP) is 3.00. The van der Waals surface area contributed by atoms with Gasteiger partial charge in [-0.3, -0.25) is 19.2 Å². The van der Waals surface area contributed by atoms with Crippen LogP contribution in [0.2, 0.25) is 0 Å². The molecule has 0 spiro atoms. The molecule has 0 aromatic rings. The minimum Gasteiger partial charge on any atom is -0.463 e. The molecule has 0 heterocycles. The number of esters is 2. The van der Waals surface area contributed by atoms with Crippen molar-refractivity contribution in [1.29, 1.82) is 0 Å². The lowest BCUT2D eigenvalue weighted by molar-refractivity contribution is -0.183. The van der Waals surface area contributed by atoms with Gasteiger partial charge in [0.1, 0.15) is 17.5 Å². The summed E-state index contributed by atoms with van der Waals surface area (Å²) >= 11 is 0. The maximum absolute atomic E-state index is 13.7. The third-order valence-corrected chi connectivity index (χ3v) is 9.66. The first-order valence-corrected chi connectivity index (χ1v) is 12.0. The molecule has 178 valence electrons. The van der Waals surface area contributed by atoms with E-state index in [4.69, 9.17) is 9.47 Å². The molecular formula is C25H36O7. The van der Waals surface area contributed by atoms with Crippen LogP contribution < -0.4 is 0 Å². The van der Waals surface area contributed by atoms with Crippen molar-refractivity contribution in [3.8, 4) is 0 Å². The Morgan fingerprint density at radius 3 is 2.41 bits per heavy atom. The third-order valence-electron chi connectivity index (χ3n) is 9.66. The average molecular weight is 449 g/mol. The van der Waals surface area contributed by atoms with Crippen molar-refractivity contribution in [2.75, 3.05) is 6.61 Å². The Balaban J connectivity index is 1.57. The summed E-state index contributed by atoms with van der Waals surface area (Å²) in [4.78, 5) is 49.2. The van der Waals surface area contributed by atoms with Crippen molar-refractivity contribution in [3.05, 3.63) is 0 Å². The zero-order valence-corrected chi connectivity index (χ0v) is 19.6. The van der Waals surface area contributed by atoms with Crippen LogP contribution in [0, 0.1) is 34.5 Å². The van der Waals surface area contributed by atoms with Gasteiger partial charge in [0.2, 0.25) is 5.78 Å². The van der Waals surface area contributed by atoms with E-state index in [1.54, 1.807) is 0 Å². The zero-order valence-electron chi connectivity index (χ0n) is 19.6. The van der Waals surface area contributed by atoms with Crippen molar-refractivity contribution < 1.29 is 33.8 Å². The fourth-order valence-corrected chi connectivity index (χ4v) is 8.12. The van der Waals surface area contributed by atoms with Gasteiger partial charge in [0, 0.05) is 31.6 Å². The molecule has 0 aliphatic heterocycles. The fraction of sp³-hybridized carbons (Fsp3) is 0.840. The molecule has 0 aromatic carbocycles. The fourth-order valence-electron chi connectivity index (χ4n) is 8.12. The molecule has 7 heteroatoms. The van der Waals surface area contributed by atoms with E-state index in [0.29, 0.717) is 18.8 Å². The number of aliphatic hydroxyl groups is 1. The summed E-state index contributed by atoms with van der Waals surface area (Å²) in [5, 5.41) is 11.5. The van der Waals surface area contributed by atoms with Crippen LogP contribution in [0.15, 0.2) is 0 Å². The van der Waals surface area contributed by atoms with E-state index >= 15 is 0 Å². The topological polar surface area (TPSA) is 107 Å². The first-order valence-electron chi connectivity index (χ1n) is 12.0. The lowest BCUT2D eigenvalue weighted by atomic mass is 9.44. The smallest absolute Gasteiger partial charge is 0.303 e. The number of ketones is 2. The lowest BCUT2D eigenvalue weighted by Crippen LogP contribution is -2.62. The van der Waals surface area contributed by atoms with E-state index in [1.165, 1.54) is 13.8 Å². The van der Waals surface area contributed by atoms with Crippen LogP contribution in [0.1, 0.15) is 79.1 Å². The summed E-state index contributed by atoms with van der Waals surface area (Å²) in [7, 11) is 0. The van der Waals surface area contributed by atoms with Gasteiger partial charge < -0.3 is 14.6 Å². The van der Waals surface area contributed by atoms with Gasteiger partial charge in [0.25, 0.3) is 0 Å². The van der Waals surface area contributed by atoms with Crippen LogP contribution in [0.25, 0.3) is 0 Å². The van der Waals surface area contributed by atoms with Gasteiger partial charge in [-0.25, -0.2) is 0 Å². The van der Waals surface area contributed by atoms with Crippen molar-refractivity contribution >= 4 is 23.5 Å². The number of carbonyl (C=O) groups excluding carboxylic acids is 4. The largest absolute Gasteiger partial charge is 0.463 e. The van der Waals surface area contributed by atoms with Crippen molar-refractivity contribution in [1.82, 2.24) is 0 Å². The summed E-state index contributed by atoms with van der Waals surface area (Å²) < 4.78 is 10.4. The minimum absolute atomic E-state index is 0.0680. The molecule has 4 fully saturated rings. The number of rotatable bonds is 4. The van der Waals surface area contributed by atoms with Crippen molar-refractivity contribution in [2.45, 2.75) is 90.8 Å². The Bertz CT molecular complexity index is 836. The summed E-state index contributed by atoms with van der Waals surface area (Å²) in [6.45, 7) is 6.34. The van der Waals surface area contributed by atoms with Crippen LogP contribution in [0.3, 0.4) is 0 Å². The summed E-state index contributed by atoms with van der Waals surface area (Å²) in [6, 6.07) is 0. The Hall–Kier alpha value is -1.76. The van der Waals surface area contributed by atoms with E-state index in [2.05, 4.69) is 6.92 Å². The van der Waals surface area contributed by atoms with E-state index in [9.17, 15) is 24.3 Å². The first kappa shape index (κ1) is 23.4.